The van der Waals surface area contributed by atoms with Crippen LogP contribution in [0.15, 0.2) is 47.2 Å². The third-order valence-electron chi connectivity index (χ3n) is 2.82. The summed E-state index contributed by atoms with van der Waals surface area (Å²) in [5.74, 6) is 0. The molecule has 2 nitrogen and oxygen atoms in total. The molecule has 1 atom stereocenters. The second-order valence-electron chi connectivity index (χ2n) is 4.32. The van der Waals surface area contributed by atoms with Crippen molar-refractivity contribution in [1.82, 2.24) is 4.98 Å². The van der Waals surface area contributed by atoms with Gasteiger partial charge in [0.25, 0.3) is 0 Å². The lowest BCUT2D eigenvalue weighted by Crippen LogP contribution is -2.13. The van der Waals surface area contributed by atoms with Crippen LogP contribution in [0.4, 0.5) is 13.2 Å². The van der Waals surface area contributed by atoms with Gasteiger partial charge in [-0.3, -0.25) is 4.98 Å². The van der Waals surface area contributed by atoms with Crippen LogP contribution in [0.5, 0.6) is 0 Å². The molecule has 1 heterocycles. The number of benzene rings is 1. The minimum atomic E-state index is -4.48. The number of hydrogen-bond acceptors (Lipinski definition) is 2. The van der Waals surface area contributed by atoms with Crippen LogP contribution in [0.1, 0.15) is 22.8 Å². The summed E-state index contributed by atoms with van der Waals surface area (Å²) in [6, 6.07) is 6.76. The zero-order valence-electron chi connectivity index (χ0n) is 10.2. The molecule has 0 saturated carbocycles. The van der Waals surface area contributed by atoms with E-state index in [1.807, 2.05) is 0 Å². The van der Waals surface area contributed by atoms with Crippen molar-refractivity contribution in [3.8, 4) is 0 Å². The van der Waals surface area contributed by atoms with Crippen LogP contribution in [0.2, 0.25) is 0 Å². The van der Waals surface area contributed by atoms with Gasteiger partial charge in [-0.2, -0.15) is 13.2 Å². The van der Waals surface area contributed by atoms with Gasteiger partial charge >= 0.3 is 6.18 Å². The molecule has 0 radical (unpaired) electrons. The van der Waals surface area contributed by atoms with Crippen molar-refractivity contribution in [2.45, 2.75) is 18.7 Å². The summed E-state index contributed by atoms with van der Waals surface area (Å²) in [5.41, 5.74) is -0.278. The van der Waals surface area contributed by atoms with Crippen LogP contribution in [0, 0.1) is 0 Å². The highest BCUT2D eigenvalue weighted by Gasteiger charge is 2.34. The van der Waals surface area contributed by atoms with E-state index in [0.717, 1.165) is 6.07 Å². The molecule has 106 valence electrons. The number of hydrogen-bond donors (Lipinski definition) is 1. The van der Waals surface area contributed by atoms with Gasteiger partial charge in [0.1, 0.15) is 0 Å². The van der Waals surface area contributed by atoms with E-state index >= 15 is 0 Å². The molecule has 2 rings (SSSR count). The SMILES string of the molecule is OC(Cc1cncc(Br)c1)c1ccccc1C(F)(F)F. The van der Waals surface area contributed by atoms with Gasteiger partial charge in [-0.05, 0) is 39.2 Å². The molecule has 0 aliphatic heterocycles. The molecule has 1 unspecified atom stereocenters. The second-order valence-corrected chi connectivity index (χ2v) is 5.23. The maximum Gasteiger partial charge on any atom is 0.416 e. The maximum absolute atomic E-state index is 12.9. The van der Waals surface area contributed by atoms with E-state index < -0.39 is 17.8 Å². The number of pyridine rings is 1. The monoisotopic (exact) mass is 345 g/mol. The molecule has 0 saturated heterocycles. The molecule has 0 aliphatic rings. The highest BCUT2D eigenvalue weighted by molar-refractivity contribution is 9.10. The van der Waals surface area contributed by atoms with E-state index in [0.29, 0.717) is 10.0 Å². The normalized spacial score (nSPS) is 13.2. The Balaban J connectivity index is 2.28. The lowest BCUT2D eigenvalue weighted by Gasteiger charge is -2.17. The quantitative estimate of drug-likeness (QED) is 0.906. The number of aromatic nitrogens is 1. The van der Waals surface area contributed by atoms with E-state index in [1.54, 1.807) is 12.3 Å². The highest BCUT2D eigenvalue weighted by Crippen LogP contribution is 2.35. The summed E-state index contributed by atoms with van der Waals surface area (Å²) < 4.78 is 39.4. The molecule has 0 spiro atoms. The van der Waals surface area contributed by atoms with Crippen LogP contribution in [0.3, 0.4) is 0 Å². The van der Waals surface area contributed by atoms with Crippen molar-refractivity contribution in [1.29, 1.82) is 0 Å². The number of nitrogens with zero attached hydrogens (tertiary/aromatic N) is 1. The van der Waals surface area contributed by atoms with Crippen LogP contribution < -0.4 is 0 Å². The predicted octanol–water partition coefficient (Wildman–Crippen LogP) is 4.14. The lowest BCUT2D eigenvalue weighted by molar-refractivity contribution is -0.139. The van der Waals surface area contributed by atoms with Gasteiger partial charge in [-0.25, -0.2) is 0 Å². The third-order valence-corrected chi connectivity index (χ3v) is 3.25. The Morgan fingerprint density at radius 3 is 2.55 bits per heavy atom. The molecular formula is C14H11BrF3NO. The van der Waals surface area contributed by atoms with E-state index in [4.69, 9.17) is 0 Å². The van der Waals surface area contributed by atoms with Crippen molar-refractivity contribution in [3.05, 3.63) is 63.9 Å². The molecule has 1 N–H and O–H groups in total. The van der Waals surface area contributed by atoms with Gasteiger partial charge in [0, 0.05) is 23.3 Å². The van der Waals surface area contributed by atoms with Gasteiger partial charge in [0.2, 0.25) is 0 Å². The minimum Gasteiger partial charge on any atom is -0.388 e. The first-order chi connectivity index (χ1) is 9.38. The van der Waals surface area contributed by atoms with Crippen molar-refractivity contribution in [2.24, 2.45) is 0 Å². The summed E-state index contributed by atoms with van der Waals surface area (Å²) in [7, 11) is 0. The molecule has 2 aromatic rings. The first-order valence-corrected chi connectivity index (χ1v) is 6.61. The predicted molar refractivity (Wildman–Crippen MR) is 72.0 cm³/mol. The number of rotatable bonds is 3. The summed E-state index contributed by atoms with van der Waals surface area (Å²) in [6.07, 6.45) is -2.56. The largest absolute Gasteiger partial charge is 0.416 e. The summed E-state index contributed by atoms with van der Waals surface area (Å²) in [4.78, 5) is 3.92. The molecular weight excluding hydrogens is 335 g/mol. The first-order valence-electron chi connectivity index (χ1n) is 5.81. The fourth-order valence-electron chi connectivity index (χ4n) is 1.95. The smallest absolute Gasteiger partial charge is 0.388 e. The molecule has 6 heteroatoms. The Morgan fingerprint density at radius 1 is 1.20 bits per heavy atom. The Labute approximate surface area is 122 Å². The number of aliphatic hydroxyl groups excluding tert-OH is 1. The average Bonchev–Trinajstić information content (AvgIpc) is 2.37. The van der Waals surface area contributed by atoms with Crippen LogP contribution in [-0.4, -0.2) is 10.1 Å². The molecule has 1 aromatic carbocycles. The third kappa shape index (κ3) is 3.58. The van der Waals surface area contributed by atoms with Crippen molar-refractivity contribution in [2.75, 3.05) is 0 Å². The van der Waals surface area contributed by atoms with Crippen molar-refractivity contribution < 1.29 is 18.3 Å². The van der Waals surface area contributed by atoms with Crippen molar-refractivity contribution >= 4 is 15.9 Å². The molecule has 0 bridgehead atoms. The Morgan fingerprint density at radius 2 is 1.90 bits per heavy atom. The molecule has 1 aromatic heterocycles. The van der Waals surface area contributed by atoms with Crippen LogP contribution in [0.25, 0.3) is 0 Å². The van der Waals surface area contributed by atoms with Gasteiger partial charge in [0.05, 0.1) is 11.7 Å². The van der Waals surface area contributed by atoms with E-state index in [1.165, 1.54) is 24.4 Å². The highest BCUT2D eigenvalue weighted by atomic mass is 79.9. The van der Waals surface area contributed by atoms with E-state index in [-0.39, 0.29) is 12.0 Å². The van der Waals surface area contributed by atoms with Gasteiger partial charge in [-0.15, -0.1) is 0 Å². The molecule has 0 fully saturated rings. The number of alkyl halides is 3. The molecule has 0 aliphatic carbocycles. The van der Waals surface area contributed by atoms with Gasteiger partial charge < -0.3 is 5.11 Å². The Kier molecular flexibility index (Phi) is 4.45. The molecule has 0 amide bonds. The lowest BCUT2D eigenvalue weighted by atomic mass is 9.97. The summed E-state index contributed by atoms with van der Waals surface area (Å²) in [5, 5.41) is 10.1. The fourth-order valence-corrected chi connectivity index (χ4v) is 2.36. The van der Waals surface area contributed by atoms with Crippen LogP contribution in [-0.2, 0) is 12.6 Å². The topological polar surface area (TPSA) is 33.1 Å². The van der Waals surface area contributed by atoms with E-state index in [9.17, 15) is 18.3 Å². The summed E-state index contributed by atoms with van der Waals surface area (Å²) in [6.45, 7) is 0. The average molecular weight is 346 g/mol. The van der Waals surface area contributed by atoms with Crippen LogP contribution >= 0.6 is 15.9 Å². The zero-order chi connectivity index (χ0) is 14.8. The fraction of sp³-hybridized carbons (Fsp3) is 0.214. The number of aliphatic hydroxyl groups is 1. The molecule has 20 heavy (non-hydrogen) atoms. The van der Waals surface area contributed by atoms with E-state index in [2.05, 4.69) is 20.9 Å². The van der Waals surface area contributed by atoms with Gasteiger partial charge in [0.15, 0.2) is 0 Å². The minimum absolute atomic E-state index is 0.0690. The number of halogens is 4. The summed E-state index contributed by atoms with van der Waals surface area (Å²) >= 11 is 3.23. The first kappa shape index (κ1) is 15.0. The standard InChI is InChI=1S/C14H11BrF3NO/c15-10-5-9(7-19-8-10)6-13(20)11-3-1-2-4-12(11)14(16,17)18/h1-5,7-8,13,20H,6H2. The zero-order valence-corrected chi connectivity index (χ0v) is 11.8. The Bertz CT molecular complexity index is 601. The van der Waals surface area contributed by atoms with Gasteiger partial charge in [-0.1, -0.05) is 18.2 Å². The second kappa shape index (κ2) is 5.93. The maximum atomic E-state index is 12.9. The Hall–Kier alpha value is -1.40. The van der Waals surface area contributed by atoms with Crippen molar-refractivity contribution in [3.63, 3.8) is 0 Å².